The number of anilines is 2. The van der Waals surface area contributed by atoms with Crippen LogP contribution in [0.1, 0.15) is 27.7 Å². The van der Waals surface area contributed by atoms with Gasteiger partial charge in [-0.15, -0.1) is 40.9 Å². The van der Waals surface area contributed by atoms with Crippen molar-refractivity contribution in [1.29, 1.82) is 0 Å². The fourth-order valence-corrected chi connectivity index (χ4v) is 6.36. The largest absolute Gasteiger partial charge is 0.506 e. The van der Waals surface area contributed by atoms with Crippen molar-refractivity contribution in [2.24, 2.45) is 20.5 Å². The Morgan fingerprint density at radius 2 is 0.742 bits per heavy atom. The summed E-state index contributed by atoms with van der Waals surface area (Å²) >= 11 is 0. The van der Waals surface area contributed by atoms with Gasteiger partial charge in [-0.2, -0.15) is 9.59 Å². The van der Waals surface area contributed by atoms with Crippen molar-refractivity contribution in [2.45, 2.75) is 27.7 Å². The van der Waals surface area contributed by atoms with Gasteiger partial charge in [-0.25, -0.2) is 0 Å². The topological polar surface area (TPSA) is 198 Å². The molecule has 6 aromatic carbocycles. The predicted octanol–water partition coefficient (Wildman–Crippen LogP) is 10.6. The number of azo groups is 2. The van der Waals surface area contributed by atoms with Gasteiger partial charge in [-0.05, 0) is 113 Å². The van der Waals surface area contributed by atoms with E-state index in [4.69, 9.17) is 0 Å². The molecule has 1 radical (unpaired) electrons. The maximum atomic E-state index is 10.3. The van der Waals surface area contributed by atoms with Crippen molar-refractivity contribution in [3.8, 4) is 34.4 Å². The van der Waals surface area contributed by atoms with Gasteiger partial charge in [-0.1, -0.05) is 24.3 Å². The number of phenolic OH excluding ortho intramolecular Hbond substituents is 4. The fraction of sp³-hybridized carbons (Fsp3) is 0.178. The van der Waals surface area contributed by atoms with E-state index in [1.807, 2.05) is 60.7 Å². The number of hydrogen-bond acceptors (Lipinski definition) is 14. The van der Waals surface area contributed by atoms with Crippen LogP contribution in [0.15, 0.2) is 142 Å². The Labute approximate surface area is 369 Å². The molecule has 2 heterocycles. The first-order chi connectivity index (χ1) is 29.2. The Hall–Kier alpha value is -7.37. The minimum absolute atomic E-state index is 0. The number of aromatic nitrogens is 6. The van der Waals surface area contributed by atoms with Crippen LogP contribution < -0.4 is 9.80 Å². The Balaban J connectivity index is 0.000000227. The number of rotatable bonds is 12. The van der Waals surface area contributed by atoms with Crippen molar-refractivity contribution in [1.82, 2.24) is 30.0 Å². The normalized spacial score (nSPS) is 11.0. The van der Waals surface area contributed by atoms with Crippen molar-refractivity contribution >= 4 is 56.2 Å². The molecule has 0 aliphatic carbocycles. The first-order valence-corrected chi connectivity index (χ1v) is 19.5. The summed E-state index contributed by atoms with van der Waals surface area (Å²) in [6.45, 7) is 11.6. The summed E-state index contributed by atoms with van der Waals surface area (Å²) in [5.74, 6) is -0.00509. The second-order valence-corrected chi connectivity index (χ2v) is 13.4. The van der Waals surface area contributed by atoms with Crippen molar-refractivity contribution in [2.75, 3.05) is 36.0 Å². The average molecular weight is 879 g/mol. The van der Waals surface area contributed by atoms with Gasteiger partial charge >= 0.3 is 0 Å². The number of fused-ring (bicyclic) bond motifs is 2. The van der Waals surface area contributed by atoms with Crippen molar-refractivity contribution in [3.63, 3.8) is 0 Å². The van der Waals surface area contributed by atoms with Gasteiger partial charge in [0.1, 0.15) is 67.8 Å². The molecular weight excluding hydrogens is 832 g/mol. The first-order valence-electron chi connectivity index (χ1n) is 19.5. The fourth-order valence-electron chi connectivity index (χ4n) is 6.36. The van der Waals surface area contributed by atoms with Crippen LogP contribution in [0.2, 0.25) is 0 Å². The van der Waals surface area contributed by atoms with Crippen molar-refractivity contribution in [3.05, 3.63) is 129 Å². The summed E-state index contributed by atoms with van der Waals surface area (Å²) in [6, 6.07) is 35.3. The Morgan fingerprint density at radius 1 is 0.419 bits per heavy atom. The zero-order valence-electron chi connectivity index (χ0n) is 34.9. The molecule has 17 heteroatoms. The SMILES string of the molecule is CCN(CC)c1ccc(N=Nc2cc(-n3nc4ccccc4n3)ccc2O)c(O)c1.CCN(CC)c1ccc(N=Nc2cc(-n3nc4ccccc4n3)ccc2O)c(O)c1.[CH3-].[Co]. The van der Waals surface area contributed by atoms with Gasteiger partial charge < -0.3 is 37.7 Å². The van der Waals surface area contributed by atoms with E-state index >= 15 is 0 Å². The van der Waals surface area contributed by atoms with Gasteiger partial charge in [0.25, 0.3) is 0 Å². The summed E-state index contributed by atoms with van der Waals surface area (Å²) in [6.07, 6.45) is 0. The molecule has 0 fully saturated rings. The number of phenols is 4. The summed E-state index contributed by atoms with van der Waals surface area (Å²) < 4.78 is 0. The molecule has 8 rings (SSSR count). The molecule has 4 N–H and O–H groups in total. The van der Waals surface area contributed by atoms with Crippen LogP contribution in [0.3, 0.4) is 0 Å². The van der Waals surface area contributed by atoms with Crippen LogP contribution in [0.4, 0.5) is 34.1 Å². The molecule has 0 aliphatic heterocycles. The third-order valence-electron chi connectivity index (χ3n) is 9.66. The summed E-state index contributed by atoms with van der Waals surface area (Å²) in [5.41, 5.74) is 7.33. The minimum Gasteiger partial charge on any atom is -0.506 e. The molecule has 0 atom stereocenters. The number of nitrogens with zero attached hydrogens (tertiary/aromatic N) is 12. The zero-order valence-corrected chi connectivity index (χ0v) is 35.9. The molecule has 0 saturated heterocycles. The minimum atomic E-state index is -0.0292. The summed E-state index contributed by atoms with van der Waals surface area (Å²) in [4.78, 5) is 7.22. The van der Waals surface area contributed by atoms with Crippen molar-refractivity contribution < 1.29 is 37.2 Å². The molecule has 0 amide bonds. The maximum absolute atomic E-state index is 10.3. The molecule has 16 nitrogen and oxygen atoms in total. The van der Waals surface area contributed by atoms with Gasteiger partial charge in [0.15, 0.2) is 0 Å². The smallest absolute Gasteiger partial charge is 0.145 e. The van der Waals surface area contributed by atoms with Crippen LogP contribution in [0, 0.1) is 7.43 Å². The van der Waals surface area contributed by atoms with E-state index in [9.17, 15) is 20.4 Å². The molecule has 62 heavy (non-hydrogen) atoms. The van der Waals surface area contributed by atoms with E-state index in [1.54, 1.807) is 48.5 Å². The predicted molar refractivity (Wildman–Crippen MR) is 239 cm³/mol. The van der Waals surface area contributed by atoms with Crippen LogP contribution in [0.5, 0.6) is 23.0 Å². The van der Waals surface area contributed by atoms with Gasteiger partial charge in [-0.3, -0.25) is 0 Å². The maximum Gasteiger partial charge on any atom is 0.145 e. The average Bonchev–Trinajstić information content (AvgIpc) is 3.91. The standard InChI is InChI=1S/2C22H22N6O2.CH3.Co/c2*1-3-27(4-2)15-9-11-19(22(30)14-15)23-24-20-13-16(10-12-21(20)29)28-25-17-7-5-6-8-18(17)26-28;;/h2*5-14,29-30H,3-4H2,1-2H3;1H3;/q;;-1;. The third kappa shape index (κ3) is 10.3. The molecule has 0 aliphatic rings. The number of aromatic hydroxyl groups is 4. The van der Waals surface area contributed by atoms with Crippen LogP contribution in [-0.4, -0.2) is 76.6 Å². The van der Waals surface area contributed by atoms with E-state index in [1.165, 1.54) is 21.7 Å². The molecule has 0 spiro atoms. The molecule has 0 saturated carbocycles. The summed E-state index contributed by atoms with van der Waals surface area (Å²) in [7, 11) is 0. The molecule has 2 aromatic heterocycles. The zero-order chi connectivity index (χ0) is 42.2. The molecule has 321 valence electrons. The van der Waals surface area contributed by atoms with Crippen LogP contribution in [-0.2, 0) is 16.8 Å². The summed E-state index contributed by atoms with van der Waals surface area (Å²) in [5, 5.41) is 75.2. The Morgan fingerprint density at radius 3 is 1.05 bits per heavy atom. The number of hydrogen-bond donors (Lipinski definition) is 4. The van der Waals surface area contributed by atoms with E-state index in [-0.39, 0.29) is 58.6 Å². The quantitative estimate of drug-likeness (QED) is 0.0676. The number of benzene rings is 6. The van der Waals surface area contributed by atoms with Gasteiger partial charge in [0.05, 0.1) is 11.4 Å². The molecule has 0 unspecified atom stereocenters. The van der Waals surface area contributed by atoms with E-state index in [0.29, 0.717) is 22.7 Å². The van der Waals surface area contributed by atoms with Gasteiger partial charge in [0, 0.05) is 66.5 Å². The molecular formula is C45H47CoN12O4-. The second kappa shape index (κ2) is 20.7. The Kier molecular flexibility index (Phi) is 15.3. The van der Waals surface area contributed by atoms with E-state index in [0.717, 1.165) is 59.6 Å². The van der Waals surface area contributed by atoms with Gasteiger partial charge in [0.2, 0.25) is 0 Å². The monoisotopic (exact) mass is 878 g/mol. The molecule has 0 bridgehead atoms. The van der Waals surface area contributed by atoms with Crippen LogP contribution in [0.25, 0.3) is 33.4 Å². The Bertz CT molecular complexity index is 2560. The molecule has 8 aromatic rings. The first kappa shape index (κ1) is 45.7. The van der Waals surface area contributed by atoms with E-state index < -0.39 is 0 Å². The third-order valence-corrected chi connectivity index (χ3v) is 9.66. The van der Waals surface area contributed by atoms with Crippen LogP contribution >= 0.6 is 0 Å². The van der Waals surface area contributed by atoms with E-state index in [2.05, 4.69) is 78.3 Å². The second-order valence-electron chi connectivity index (χ2n) is 13.4.